The Kier molecular flexibility index (Phi) is 3.62. The van der Waals surface area contributed by atoms with Crippen LogP contribution in [0.3, 0.4) is 0 Å². The van der Waals surface area contributed by atoms with Gasteiger partial charge in [-0.1, -0.05) is 12.1 Å². The Morgan fingerprint density at radius 1 is 1.39 bits per heavy atom. The van der Waals surface area contributed by atoms with E-state index >= 15 is 0 Å². The standard InChI is InChI=1S/C13H11FN2O2/c1-2-18-13(17)12-15-7-6-11(16-12)9-4-3-5-10(14)8-9/h3-8H,2H2,1H3. The summed E-state index contributed by atoms with van der Waals surface area (Å²) in [6.07, 6.45) is 1.44. The number of ether oxygens (including phenoxy) is 1. The van der Waals surface area contributed by atoms with Crippen molar-refractivity contribution in [2.75, 3.05) is 6.61 Å². The molecule has 4 nitrogen and oxygen atoms in total. The monoisotopic (exact) mass is 246 g/mol. The molecule has 5 heteroatoms. The fraction of sp³-hybridized carbons (Fsp3) is 0.154. The van der Waals surface area contributed by atoms with Crippen LogP contribution in [-0.4, -0.2) is 22.5 Å². The minimum Gasteiger partial charge on any atom is -0.460 e. The van der Waals surface area contributed by atoms with Crippen molar-refractivity contribution in [2.24, 2.45) is 0 Å². The first-order valence-corrected chi connectivity index (χ1v) is 5.47. The maximum absolute atomic E-state index is 13.1. The molecule has 18 heavy (non-hydrogen) atoms. The van der Waals surface area contributed by atoms with Gasteiger partial charge < -0.3 is 4.74 Å². The number of nitrogens with zero attached hydrogens (tertiary/aromatic N) is 2. The predicted molar refractivity (Wildman–Crippen MR) is 63.4 cm³/mol. The summed E-state index contributed by atoms with van der Waals surface area (Å²) in [5.41, 5.74) is 1.07. The summed E-state index contributed by atoms with van der Waals surface area (Å²) in [5, 5.41) is 0. The van der Waals surface area contributed by atoms with Crippen LogP contribution in [0.15, 0.2) is 36.5 Å². The van der Waals surface area contributed by atoms with Crippen molar-refractivity contribution in [3.63, 3.8) is 0 Å². The summed E-state index contributed by atoms with van der Waals surface area (Å²) in [6, 6.07) is 7.59. The van der Waals surface area contributed by atoms with Gasteiger partial charge in [0.2, 0.25) is 5.82 Å². The highest BCUT2D eigenvalue weighted by atomic mass is 19.1. The number of hydrogen-bond donors (Lipinski definition) is 0. The molecular weight excluding hydrogens is 235 g/mol. The molecule has 2 aromatic rings. The minimum atomic E-state index is -0.587. The predicted octanol–water partition coefficient (Wildman–Crippen LogP) is 2.46. The van der Waals surface area contributed by atoms with E-state index in [1.165, 1.54) is 18.3 Å². The molecule has 0 aliphatic heterocycles. The first kappa shape index (κ1) is 12.2. The molecule has 0 saturated heterocycles. The van der Waals surface area contributed by atoms with Gasteiger partial charge in [-0.25, -0.2) is 19.2 Å². The molecule has 0 bridgehead atoms. The van der Waals surface area contributed by atoms with Gasteiger partial charge >= 0.3 is 5.97 Å². The van der Waals surface area contributed by atoms with Crippen LogP contribution in [0.5, 0.6) is 0 Å². The molecule has 0 aliphatic rings. The second kappa shape index (κ2) is 5.35. The van der Waals surface area contributed by atoms with Crippen molar-refractivity contribution < 1.29 is 13.9 Å². The third kappa shape index (κ3) is 2.68. The molecule has 92 valence electrons. The van der Waals surface area contributed by atoms with Crippen LogP contribution in [0.1, 0.15) is 17.5 Å². The number of rotatable bonds is 3. The molecule has 0 saturated carbocycles. The Morgan fingerprint density at radius 2 is 2.22 bits per heavy atom. The van der Waals surface area contributed by atoms with Crippen LogP contribution in [0.2, 0.25) is 0 Å². The summed E-state index contributed by atoms with van der Waals surface area (Å²) < 4.78 is 17.9. The van der Waals surface area contributed by atoms with E-state index in [1.807, 2.05) is 0 Å². The largest absolute Gasteiger partial charge is 0.460 e. The molecule has 1 aromatic carbocycles. The number of hydrogen-bond acceptors (Lipinski definition) is 4. The molecule has 0 fully saturated rings. The van der Waals surface area contributed by atoms with Crippen LogP contribution in [0, 0.1) is 5.82 Å². The molecule has 1 heterocycles. The van der Waals surface area contributed by atoms with Crippen LogP contribution < -0.4 is 0 Å². The highest BCUT2D eigenvalue weighted by Gasteiger charge is 2.11. The molecule has 2 rings (SSSR count). The summed E-state index contributed by atoms with van der Waals surface area (Å²) in [6.45, 7) is 1.96. The summed E-state index contributed by atoms with van der Waals surface area (Å²) in [7, 11) is 0. The number of benzene rings is 1. The minimum absolute atomic E-state index is 0.0291. The fourth-order valence-electron chi connectivity index (χ4n) is 1.46. The SMILES string of the molecule is CCOC(=O)c1nccc(-c2cccc(F)c2)n1. The van der Waals surface area contributed by atoms with Crippen molar-refractivity contribution in [2.45, 2.75) is 6.92 Å². The lowest BCUT2D eigenvalue weighted by Crippen LogP contribution is -2.09. The Hall–Kier alpha value is -2.30. The first-order chi connectivity index (χ1) is 8.70. The first-order valence-electron chi connectivity index (χ1n) is 5.47. The summed E-state index contributed by atoms with van der Waals surface area (Å²) in [5.74, 6) is -0.974. The lowest BCUT2D eigenvalue weighted by atomic mass is 10.1. The molecule has 0 spiro atoms. The number of halogens is 1. The van der Waals surface area contributed by atoms with Crippen molar-refractivity contribution in [3.8, 4) is 11.3 Å². The highest BCUT2D eigenvalue weighted by molar-refractivity contribution is 5.85. The third-order valence-corrected chi connectivity index (χ3v) is 2.23. The Morgan fingerprint density at radius 3 is 2.94 bits per heavy atom. The number of aromatic nitrogens is 2. The number of esters is 1. The van der Waals surface area contributed by atoms with Gasteiger partial charge in [0.25, 0.3) is 0 Å². The molecule has 0 aliphatic carbocycles. The van der Waals surface area contributed by atoms with Gasteiger partial charge in [-0.2, -0.15) is 0 Å². The maximum atomic E-state index is 13.1. The fourth-order valence-corrected chi connectivity index (χ4v) is 1.46. The van der Waals surface area contributed by atoms with Crippen LogP contribution in [-0.2, 0) is 4.74 Å². The molecule has 0 N–H and O–H groups in total. The van der Waals surface area contributed by atoms with Gasteiger partial charge in [0.1, 0.15) is 5.82 Å². The van der Waals surface area contributed by atoms with E-state index in [9.17, 15) is 9.18 Å². The lowest BCUT2D eigenvalue weighted by Gasteiger charge is -2.03. The zero-order chi connectivity index (χ0) is 13.0. The zero-order valence-corrected chi connectivity index (χ0v) is 9.76. The van der Waals surface area contributed by atoms with E-state index in [1.54, 1.807) is 25.1 Å². The molecule has 0 radical (unpaired) electrons. The van der Waals surface area contributed by atoms with Gasteiger partial charge in [-0.3, -0.25) is 0 Å². The summed E-state index contributed by atoms with van der Waals surface area (Å²) >= 11 is 0. The second-order valence-electron chi connectivity index (χ2n) is 3.50. The van der Waals surface area contributed by atoms with Crippen molar-refractivity contribution in [3.05, 3.63) is 48.2 Å². The van der Waals surface area contributed by atoms with Gasteiger partial charge in [0, 0.05) is 11.8 Å². The van der Waals surface area contributed by atoms with Gasteiger partial charge in [-0.05, 0) is 25.1 Å². The van der Waals surface area contributed by atoms with Gasteiger partial charge in [0.15, 0.2) is 0 Å². The molecule has 0 unspecified atom stereocenters. The highest BCUT2D eigenvalue weighted by Crippen LogP contribution is 2.17. The average molecular weight is 246 g/mol. The average Bonchev–Trinajstić information content (AvgIpc) is 2.39. The van der Waals surface area contributed by atoms with E-state index < -0.39 is 5.97 Å². The number of carbonyl (C=O) groups is 1. The van der Waals surface area contributed by atoms with Crippen LogP contribution in [0.25, 0.3) is 11.3 Å². The lowest BCUT2D eigenvalue weighted by molar-refractivity contribution is 0.0512. The molecular formula is C13H11FN2O2. The molecule has 0 amide bonds. The summed E-state index contributed by atoms with van der Waals surface area (Å²) in [4.78, 5) is 19.4. The maximum Gasteiger partial charge on any atom is 0.376 e. The Bertz CT molecular complexity index is 572. The smallest absolute Gasteiger partial charge is 0.376 e. The van der Waals surface area contributed by atoms with E-state index in [2.05, 4.69) is 9.97 Å². The molecule has 0 atom stereocenters. The Labute approximate surface area is 103 Å². The Balaban J connectivity index is 2.35. The van der Waals surface area contributed by atoms with Gasteiger partial charge in [0.05, 0.1) is 12.3 Å². The second-order valence-corrected chi connectivity index (χ2v) is 3.50. The van der Waals surface area contributed by atoms with Gasteiger partial charge in [-0.15, -0.1) is 0 Å². The normalized spacial score (nSPS) is 10.1. The number of carbonyl (C=O) groups excluding carboxylic acids is 1. The van der Waals surface area contributed by atoms with E-state index in [4.69, 9.17) is 4.74 Å². The third-order valence-electron chi connectivity index (χ3n) is 2.23. The van der Waals surface area contributed by atoms with Crippen molar-refractivity contribution in [1.82, 2.24) is 9.97 Å². The van der Waals surface area contributed by atoms with E-state index in [0.717, 1.165) is 0 Å². The van der Waals surface area contributed by atoms with Crippen LogP contribution >= 0.6 is 0 Å². The van der Waals surface area contributed by atoms with Crippen LogP contribution in [0.4, 0.5) is 4.39 Å². The van der Waals surface area contributed by atoms with Crippen molar-refractivity contribution >= 4 is 5.97 Å². The zero-order valence-electron chi connectivity index (χ0n) is 9.76. The van der Waals surface area contributed by atoms with E-state index in [0.29, 0.717) is 11.3 Å². The van der Waals surface area contributed by atoms with E-state index in [-0.39, 0.29) is 18.2 Å². The topological polar surface area (TPSA) is 52.1 Å². The quantitative estimate of drug-likeness (QED) is 0.780. The molecule has 1 aromatic heterocycles. The van der Waals surface area contributed by atoms with Crippen molar-refractivity contribution in [1.29, 1.82) is 0 Å².